The van der Waals surface area contributed by atoms with Crippen LogP contribution < -0.4 is 0 Å². The van der Waals surface area contributed by atoms with Crippen molar-refractivity contribution in [3.63, 3.8) is 0 Å². The van der Waals surface area contributed by atoms with Crippen molar-refractivity contribution in [1.82, 2.24) is 0 Å². The molecule has 1 heterocycles. The van der Waals surface area contributed by atoms with E-state index in [2.05, 4.69) is 0 Å². The highest BCUT2D eigenvalue weighted by atomic mass is 32.2. The van der Waals surface area contributed by atoms with Gasteiger partial charge < -0.3 is 9.84 Å². The number of hydrogen-bond acceptors (Lipinski definition) is 3. The third-order valence-corrected chi connectivity index (χ3v) is 3.60. The molecule has 1 aliphatic heterocycles. The van der Waals surface area contributed by atoms with Gasteiger partial charge in [-0.05, 0) is 30.8 Å². The van der Waals surface area contributed by atoms with Crippen molar-refractivity contribution in [2.24, 2.45) is 0 Å². The molecule has 0 bridgehead atoms. The predicted molar refractivity (Wildman–Crippen MR) is 53.2 cm³/mol. The monoisotopic (exact) mass is 204 g/mol. The van der Waals surface area contributed by atoms with Crippen molar-refractivity contribution in [3.8, 4) is 0 Å². The second kappa shape index (κ2) is 4.86. The Kier molecular flexibility index (Phi) is 4.06. The molecule has 0 amide bonds. The maximum atomic E-state index is 10.7. The molecule has 4 heteroatoms. The van der Waals surface area contributed by atoms with Crippen LogP contribution in [0.2, 0.25) is 0 Å². The van der Waals surface area contributed by atoms with Crippen LogP contribution in [0.15, 0.2) is 0 Å². The Hall–Kier alpha value is -0.220. The zero-order valence-corrected chi connectivity index (χ0v) is 8.73. The van der Waals surface area contributed by atoms with Crippen LogP contribution in [0, 0.1) is 0 Å². The van der Waals surface area contributed by atoms with E-state index in [4.69, 9.17) is 9.84 Å². The molecule has 0 saturated carbocycles. The van der Waals surface area contributed by atoms with Gasteiger partial charge in [0.1, 0.15) is 0 Å². The van der Waals surface area contributed by atoms with E-state index in [1.807, 2.05) is 11.8 Å². The lowest BCUT2D eigenvalue weighted by atomic mass is 9.91. The first-order valence-corrected chi connectivity index (χ1v) is 5.69. The Morgan fingerprint density at radius 3 is 2.92 bits per heavy atom. The first-order valence-electron chi connectivity index (χ1n) is 4.53. The molecular weight excluding hydrogens is 188 g/mol. The molecule has 0 radical (unpaired) electrons. The summed E-state index contributed by atoms with van der Waals surface area (Å²) in [5.41, 5.74) is -0.394. The normalized spacial score (nSPS) is 29.6. The summed E-state index contributed by atoms with van der Waals surface area (Å²) in [5, 5.41) is 8.77. The summed E-state index contributed by atoms with van der Waals surface area (Å²) in [7, 11) is 1.62. The van der Waals surface area contributed by atoms with Gasteiger partial charge in [-0.25, -0.2) is 0 Å². The largest absolute Gasteiger partial charge is 0.481 e. The highest BCUT2D eigenvalue weighted by Crippen LogP contribution is 2.31. The average molecular weight is 204 g/mol. The van der Waals surface area contributed by atoms with E-state index >= 15 is 0 Å². The van der Waals surface area contributed by atoms with Gasteiger partial charge >= 0.3 is 5.97 Å². The maximum absolute atomic E-state index is 10.7. The number of hydrogen-bond donors (Lipinski definition) is 1. The number of carboxylic acids is 1. The summed E-state index contributed by atoms with van der Waals surface area (Å²) in [5.74, 6) is 1.39. The fraction of sp³-hybridized carbons (Fsp3) is 0.889. The third-order valence-electron chi connectivity index (χ3n) is 2.53. The van der Waals surface area contributed by atoms with Crippen LogP contribution in [0.5, 0.6) is 0 Å². The highest BCUT2D eigenvalue weighted by Gasteiger charge is 2.33. The standard InChI is InChI=1S/C9H16O3S/c1-12-9(7-8(10)11)3-2-5-13-6-4-9/h2-7H2,1H3,(H,10,11). The Labute approximate surface area is 82.8 Å². The molecule has 1 aliphatic rings. The Balaban J connectivity index is 2.58. The highest BCUT2D eigenvalue weighted by molar-refractivity contribution is 7.99. The van der Waals surface area contributed by atoms with Crippen LogP contribution in [0.1, 0.15) is 25.7 Å². The molecule has 0 aromatic heterocycles. The number of carbonyl (C=O) groups is 1. The lowest BCUT2D eigenvalue weighted by molar-refractivity contribution is -0.144. The number of aliphatic carboxylic acids is 1. The quantitative estimate of drug-likeness (QED) is 0.761. The molecule has 0 aromatic carbocycles. The summed E-state index contributed by atoms with van der Waals surface area (Å²) in [6.45, 7) is 0. The van der Waals surface area contributed by atoms with Gasteiger partial charge in [-0.2, -0.15) is 11.8 Å². The van der Waals surface area contributed by atoms with Crippen molar-refractivity contribution in [2.45, 2.75) is 31.3 Å². The van der Waals surface area contributed by atoms with E-state index < -0.39 is 11.6 Å². The minimum Gasteiger partial charge on any atom is -0.481 e. The number of rotatable bonds is 3. The van der Waals surface area contributed by atoms with Crippen LogP contribution in [0.3, 0.4) is 0 Å². The van der Waals surface area contributed by atoms with Crippen LogP contribution in [0.25, 0.3) is 0 Å². The summed E-state index contributed by atoms with van der Waals surface area (Å²) >= 11 is 1.89. The van der Waals surface area contributed by atoms with E-state index in [9.17, 15) is 4.79 Å². The molecule has 0 aromatic rings. The first-order chi connectivity index (χ1) is 6.18. The van der Waals surface area contributed by atoms with E-state index in [1.54, 1.807) is 7.11 Å². The molecule has 13 heavy (non-hydrogen) atoms. The lowest BCUT2D eigenvalue weighted by Crippen LogP contribution is -2.34. The molecular formula is C9H16O3S. The predicted octanol–water partition coefficient (Wildman–Crippen LogP) is 1.76. The molecule has 1 fully saturated rings. The molecule has 1 unspecified atom stereocenters. The Morgan fingerprint density at radius 1 is 1.54 bits per heavy atom. The van der Waals surface area contributed by atoms with Gasteiger partial charge in [-0.1, -0.05) is 0 Å². The molecule has 3 nitrogen and oxygen atoms in total. The molecule has 1 atom stereocenters. The number of thioether (sulfide) groups is 1. The van der Waals surface area contributed by atoms with Crippen molar-refractivity contribution in [3.05, 3.63) is 0 Å². The zero-order chi connectivity index (χ0) is 9.73. The molecule has 76 valence electrons. The average Bonchev–Trinajstić information content (AvgIpc) is 2.30. The summed E-state index contributed by atoms with van der Waals surface area (Å²) < 4.78 is 5.38. The topological polar surface area (TPSA) is 46.5 Å². The van der Waals surface area contributed by atoms with Crippen molar-refractivity contribution in [1.29, 1.82) is 0 Å². The van der Waals surface area contributed by atoms with Crippen LogP contribution in [-0.4, -0.2) is 35.3 Å². The van der Waals surface area contributed by atoms with Gasteiger partial charge in [-0.3, -0.25) is 4.79 Å². The molecule has 0 spiro atoms. The Bertz CT molecular complexity index is 174. The second-order valence-electron chi connectivity index (χ2n) is 3.42. The zero-order valence-electron chi connectivity index (χ0n) is 7.91. The van der Waals surface area contributed by atoms with Gasteiger partial charge in [0.05, 0.1) is 12.0 Å². The van der Waals surface area contributed by atoms with E-state index in [-0.39, 0.29) is 6.42 Å². The number of ether oxygens (including phenoxy) is 1. The second-order valence-corrected chi connectivity index (χ2v) is 4.65. The van der Waals surface area contributed by atoms with Crippen molar-refractivity contribution in [2.75, 3.05) is 18.6 Å². The van der Waals surface area contributed by atoms with Crippen molar-refractivity contribution >= 4 is 17.7 Å². The van der Waals surface area contributed by atoms with Gasteiger partial charge in [0.25, 0.3) is 0 Å². The summed E-state index contributed by atoms with van der Waals surface area (Å²) in [6.07, 6.45) is 2.94. The molecule has 0 aliphatic carbocycles. The number of methoxy groups -OCH3 is 1. The smallest absolute Gasteiger partial charge is 0.306 e. The fourth-order valence-corrected chi connectivity index (χ4v) is 2.78. The van der Waals surface area contributed by atoms with Gasteiger partial charge in [0.15, 0.2) is 0 Å². The molecule has 1 saturated heterocycles. The minimum absolute atomic E-state index is 0.143. The van der Waals surface area contributed by atoms with E-state index in [0.29, 0.717) is 0 Å². The van der Waals surface area contributed by atoms with E-state index in [0.717, 1.165) is 30.8 Å². The Morgan fingerprint density at radius 2 is 2.31 bits per heavy atom. The summed E-state index contributed by atoms with van der Waals surface area (Å²) in [6, 6.07) is 0. The SMILES string of the molecule is COC1(CC(=O)O)CCCSCC1. The van der Waals surface area contributed by atoms with Crippen LogP contribution in [-0.2, 0) is 9.53 Å². The molecule has 1 rings (SSSR count). The van der Waals surface area contributed by atoms with Gasteiger partial charge in [0, 0.05) is 7.11 Å². The van der Waals surface area contributed by atoms with Gasteiger partial charge in [0.2, 0.25) is 0 Å². The van der Waals surface area contributed by atoms with Crippen molar-refractivity contribution < 1.29 is 14.6 Å². The fourth-order valence-electron chi connectivity index (χ4n) is 1.71. The van der Waals surface area contributed by atoms with Crippen LogP contribution >= 0.6 is 11.8 Å². The third kappa shape index (κ3) is 3.19. The number of carboxylic acid groups (broad SMARTS) is 1. The molecule has 1 N–H and O–H groups in total. The maximum Gasteiger partial charge on any atom is 0.306 e. The first kappa shape index (κ1) is 10.9. The van der Waals surface area contributed by atoms with E-state index in [1.165, 1.54) is 0 Å². The lowest BCUT2D eigenvalue weighted by Gasteiger charge is -2.29. The van der Waals surface area contributed by atoms with Crippen LogP contribution in [0.4, 0.5) is 0 Å². The minimum atomic E-state index is -0.756. The summed E-state index contributed by atoms with van der Waals surface area (Å²) in [4.78, 5) is 10.7. The van der Waals surface area contributed by atoms with Gasteiger partial charge in [-0.15, -0.1) is 0 Å².